The van der Waals surface area contributed by atoms with E-state index < -0.39 is 10.0 Å². The van der Waals surface area contributed by atoms with Crippen LogP contribution in [0.1, 0.15) is 37.7 Å². The maximum absolute atomic E-state index is 12.6. The van der Waals surface area contributed by atoms with E-state index in [1.807, 2.05) is 0 Å². The maximum Gasteiger partial charge on any atom is 0.243 e. The lowest BCUT2D eigenvalue weighted by molar-refractivity contribution is 0.277. The number of hydrogen-bond acceptors (Lipinski definition) is 3. The smallest absolute Gasteiger partial charge is 0.243 e. The molecule has 5 heteroatoms. The molecule has 0 radical (unpaired) electrons. The van der Waals surface area contributed by atoms with Crippen LogP contribution in [0.15, 0.2) is 29.2 Å². The molecule has 0 unspecified atom stereocenters. The lowest BCUT2D eigenvalue weighted by Crippen LogP contribution is -2.34. The first-order valence-electron chi connectivity index (χ1n) is 6.85. The molecule has 1 aromatic carbocycles. The normalized spacial score (nSPS) is 18.8. The van der Waals surface area contributed by atoms with Crippen molar-refractivity contribution < 1.29 is 13.5 Å². The summed E-state index contributed by atoms with van der Waals surface area (Å²) in [7, 11) is -3.47. The molecule has 1 saturated heterocycles. The Kier molecular flexibility index (Phi) is 4.96. The standard InChI is InChI=1S/C14H21NO3S/c16-12-13-8-4-5-9-14(13)19(17,18)15-10-6-2-1-3-7-11-15/h4-5,8-9,16H,1-3,6-7,10-12H2. The Hall–Kier alpha value is -0.910. The zero-order valence-electron chi connectivity index (χ0n) is 11.1. The molecule has 0 spiro atoms. The van der Waals surface area contributed by atoms with Gasteiger partial charge in [-0.15, -0.1) is 0 Å². The van der Waals surface area contributed by atoms with Crippen molar-refractivity contribution in [3.63, 3.8) is 0 Å². The largest absolute Gasteiger partial charge is 0.392 e. The van der Waals surface area contributed by atoms with Crippen molar-refractivity contribution in [2.24, 2.45) is 0 Å². The van der Waals surface area contributed by atoms with Crippen LogP contribution >= 0.6 is 0 Å². The minimum Gasteiger partial charge on any atom is -0.392 e. The lowest BCUT2D eigenvalue weighted by atomic mass is 10.1. The van der Waals surface area contributed by atoms with Crippen molar-refractivity contribution in [3.8, 4) is 0 Å². The molecule has 4 nitrogen and oxygen atoms in total. The molecule has 2 rings (SSSR count). The summed E-state index contributed by atoms with van der Waals surface area (Å²) in [6.07, 6.45) is 5.21. The van der Waals surface area contributed by atoms with Crippen molar-refractivity contribution in [3.05, 3.63) is 29.8 Å². The molecule has 1 N–H and O–H groups in total. The first kappa shape index (κ1) is 14.5. The quantitative estimate of drug-likeness (QED) is 0.924. The Bertz CT molecular complexity index is 505. The molecule has 1 heterocycles. The minimum absolute atomic E-state index is 0.247. The third-order valence-electron chi connectivity index (χ3n) is 3.58. The molecule has 0 bridgehead atoms. The number of sulfonamides is 1. The number of hydrogen-bond donors (Lipinski definition) is 1. The first-order chi connectivity index (χ1) is 9.16. The highest BCUT2D eigenvalue weighted by molar-refractivity contribution is 7.89. The Morgan fingerprint density at radius 3 is 2.21 bits per heavy atom. The molecule has 0 aliphatic carbocycles. The molecule has 1 aromatic rings. The zero-order chi connectivity index (χ0) is 13.7. The van der Waals surface area contributed by atoms with Crippen LogP contribution in [-0.4, -0.2) is 30.9 Å². The van der Waals surface area contributed by atoms with E-state index in [0.717, 1.165) is 25.7 Å². The van der Waals surface area contributed by atoms with E-state index in [-0.39, 0.29) is 11.5 Å². The Morgan fingerprint density at radius 2 is 1.58 bits per heavy atom. The molecule has 0 aromatic heterocycles. The molecule has 0 saturated carbocycles. The molecule has 19 heavy (non-hydrogen) atoms. The fourth-order valence-electron chi connectivity index (χ4n) is 2.48. The zero-order valence-corrected chi connectivity index (χ0v) is 11.9. The van der Waals surface area contributed by atoms with Gasteiger partial charge in [0.05, 0.1) is 11.5 Å². The maximum atomic E-state index is 12.6. The van der Waals surface area contributed by atoms with E-state index in [0.29, 0.717) is 18.7 Å². The molecular weight excluding hydrogens is 262 g/mol. The molecule has 106 valence electrons. The second-order valence-electron chi connectivity index (χ2n) is 4.94. The van der Waals surface area contributed by atoms with Gasteiger partial charge in [-0.1, -0.05) is 37.5 Å². The van der Waals surface area contributed by atoms with Crippen LogP contribution in [0, 0.1) is 0 Å². The third kappa shape index (κ3) is 3.35. The van der Waals surface area contributed by atoms with E-state index in [4.69, 9.17) is 0 Å². The topological polar surface area (TPSA) is 57.6 Å². The number of rotatable bonds is 3. The average molecular weight is 283 g/mol. The predicted molar refractivity (Wildman–Crippen MR) is 74.2 cm³/mol. The van der Waals surface area contributed by atoms with Crippen molar-refractivity contribution in [1.82, 2.24) is 4.31 Å². The van der Waals surface area contributed by atoms with Gasteiger partial charge in [0.2, 0.25) is 10.0 Å². The fourth-order valence-corrected chi connectivity index (χ4v) is 4.22. The monoisotopic (exact) mass is 283 g/mol. The van der Waals surface area contributed by atoms with Gasteiger partial charge in [0, 0.05) is 13.1 Å². The van der Waals surface area contributed by atoms with Crippen LogP contribution in [0.3, 0.4) is 0 Å². The first-order valence-corrected chi connectivity index (χ1v) is 8.29. The third-order valence-corrected chi connectivity index (χ3v) is 5.57. The highest BCUT2D eigenvalue weighted by Gasteiger charge is 2.26. The van der Waals surface area contributed by atoms with Crippen LogP contribution in [-0.2, 0) is 16.6 Å². The number of aliphatic hydroxyl groups is 1. The molecule has 0 atom stereocenters. The van der Waals surface area contributed by atoms with Gasteiger partial charge >= 0.3 is 0 Å². The number of aliphatic hydroxyl groups excluding tert-OH is 1. The summed E-state index contributed by atoms with van der Waals surface area (Å²) in [4.78, 5) is 0.248. The SMILES string of the molecule is O=S(=O)(c1ccccc1CO)N1CCCCCCC1. The summed E-state index contributed by atoms with van der Waals surface area (Å²) in [6.45, 7) is 0.924. The van der Waals surface area contributed by atoms with Gasteiger partial charge in [-0.25, -0.2) is 8.42 Å². The Morgan fingerprint density at radius 1 is 1.00 bits per heavy atom. The summed E-state index contributed by atoms with van der Waals surface area (Å²) in [5, 5.41) is 9.30. The van der Waals surface area contributed by atoms with Gasteiger partial charge in [0.15, 0.2) is 0 Å². The van der Waals surface area contributed by atoms with Crippen LogP contribution < -0.4 is 0 Å². The number of nitrogens with zero attached hydrogens (tertiary/aromatic N) is 1. The van der Waals surface area contributed by atoms with Gasteiger partial charge in [-0.2, -0.15) is 4.31 Å². The molecule has 0 amide bonds. The highest BCUT2D eigenvalue weighted by Crippen LogP contribution is 2.23. The fraction of sp³-hybridized carbons (Fsp3) is 0.571. The average Bonchev–Trinajstić information content (AvgIpc) is 2.37. The van der Waals surface area contributed by atoms with Crippen molar-refractivity contribution >= 4 is 10.0 Å². The molecule has 1 fully saturated rings. The molecule has 1 aliphatic rings. The highest BCUT2D eigenvalue weighted by atomic mass is 32.2. The summed E-state index contributed by atoms with van der Waals surface area (Å²) in [6, 6.07) is 6.70. The van der Waals surface area contributed by atoms with Gasteiger partial charge in [-0.3, -0.25) is 0 Å². The van der Waals surface area contributed by atoms with Crippen molar-refractivity contribution in [2.75, 3.05) is 13.1 Å². The van der Waals surface area contributed by atoms with E-state index in [1.165, 1.54) is 6.42 Å². The minimum atomic E-state index is -3.47. The van der Waals surface area contributed by atoms with E-state index in [2.05, 4.69) is 0 Å². The molecular formula is C14H21NO3S. The predicted octanol–water partition coefficient (Wildman–Crippen LogP) is 2.13. The van der Waals surface area contributed by atoms with Gasteiger partial charge in [0.1, 0.15) is 0 Å². The summed E-state index contributed by atoms with van der Waals surface area (Å²) < 4.78 is 26.9. The van der Waals surface area contributed by atoms with Gasteiger partial charge < -0.3 is 5.11 Å². The lowest BCUT2D eigenvalue weighted by Gasteiger charge is -2.25. The van der Waals surface area contributed by atoms with Crippen molar-refractivity contribution in [1.29, 1.82) is 0 Å². The summed E-state index contributed by atoms with van der Waals surface area (Å²) in [5.74, 6) is 0. The van der Waals surface area contributed by atoms with Crippen LogP contribution in [0.4, 0.5) is 0 Å². The molecule has 1 aliphatic heterocycles. The Labute approximate surface area is 115 Å². The van der Waals surface area contributed by atoms with Gasteiger partial charge in [-0.05, 0) is 24.5 Å². The summed E-state index contributed by atoms with van der Waals surface area (Å²) >= 11 is 0. The van der Waals surface area contributed by atoms with Gasteiger partial charge in [0.25, 0.3) is 0 Å². The number of benzene rings is 1. The van der Waals surface area contributed by atoms with E-state index in [1.54, 1.807) is 28.6 Å². The second kappa shape index (κ2) is 6.50. The van der Waals surface area contributed by atoms with E-state index >= 15 is 0 Å². The van der Waals surface area contributed by atoms with Crippen LogP contribution in [0.2, 0.25) is 0 Å². The van der Waals surface area contributed by atoms with Crippen molar-refractivity contribution in [2.45, 2.75) is 43.6 Å². The second-order valence-corrected chi connectivity index (χ2v) is 6.84. The van der Waals surface area contributed by atoms with Crippen LogP contribution in [0.25, 0.3) is 0 Å². The Balaban J connectivity index is 2.29. The van der Waals surface area contributed by atoms with E-state index in [9.17, 15) is 13.5 Å². The summed E-state index contributed by atoms with van der Waals surface area (Å²) in [5.41, 5.74) is 0.476. The van der Waals surface area contributed by atoms with Crippen LogP contribution in [0.5, 0.6) is 0 Å².